The zero-order valence-electron chi connectivity index (χ0n) is 9.91. The van der Waals surface area contributed by atoms with Crippen LogP contribution in [0.5, 0.6) is 0 Å². The SMILES string of the molecule is CC1CCCC1C(O)C1=CCCCCC1. The molecule has 0 aromatic rings. The highest BCUT2D eigenvalue weighted by molar-refractivity contribution is 5.12. The summed E-state index contributed by atoms with van der Waals surface area (Å²) in [4.78, 5) is 0. The van der Waals surface area contributed by atoms with Crippen LogP contribution in [0.15, 0.2) is 11.6 Å². The number of hydrogen-bond donors (Lipinski definition) is 1. The molecule has 0 heterocycles. The van der Waals surface area contributed by atoms with E-state index in [1.807, 2.05) is 0 Å². The summed E-state index contributed by atoms with van der Waals surface area (Å²) in [5.74, 6) is 1.28. The second-order valence-electron chi connectivity index (χ2n) is 5.40. The van der Waals surface area contributed by atoms with Gasteiger partial charge in [0, 0.05) is 0 Å². The Labute approximate surface area is 93.6 Å². The van der Waals surface area contributed by atoms with Crippen LogP contribution in [0.3, 0.4) is 0 Å². The van der Waals surface area contributed by atoms with Crippen molar-refractivity contribution in [2.75, 3.05) is 0 Å². The van der Waals surface area contributed by atoms with Crippen LogP contribution in [0.25, 0.3) is 0 Å². The smallest absolute Gasteiger partial charge is 0.0780 e. The minimum atomic E-state index is -0.124. The number of aliphatic hydroxyl groups excluding tert-OH is 1. The molecule has 1 fully saturated rings. The van der Waals surface area contributed by atoms with Gasteiger partial charge in [-0.1, -0.05) is 32.3 Å². The molecule has 15 heavy (non-hydrogen) atoms. The van der Waals surface area contributed by atoms with Crippen molar-refractivity contribution >= 4 is 0 Å². The maximum Gasteiger partial charge on any atom is 0.0780 e. The Balaban J connectivity index is 1.98. The van der Waals surface area contributed by atoms with Gasteiger partial charge in [0.05, 0.1) is 6.10 Å². The lowest BCUT2D eigenvalue weighted by molar-refractivity contribution is 0.118. The predicted octanol–water partition coefficient (Wildman–Crippen LogP) is 3.67. The van der Waals surface area contributed by atoms with E-state index < -0.39 is 0 Å². The van der Waals surface area contributed by atoms with Crippen LogP contribution in [0.4, 0.5) is 0 Å². The lowest BCUT2D eigenvalue weighted by Gasteiger charge is -2.24. The second kappa shape index (κ2) is 5.16. The molecule has 1 saturated carbocycles. The largest absolute Gasteiger partial charge is 0.388 e. The summed E-state index contributed by atoms with van der Waals surface area (Å²) < 4.78 is 0. The predicted molar refractivity (Wildman–Crippen MR) is 63.7 cm³/mol. The molecule has 3 unspecified atom stereocenters. The fraction of sp³-hybridized carbons (Fsp3) is 0.857. The topological polar surface area (TPSA) is 20.2 Å². The average molecular weight is 208 g/mol. The summed E-state index contributed by atoms with van der Waals surface area (Å²) >= 11 is 0. The molecule has 0 spiro atoms. The van der Waals surface area contributed by atoms with Crippen LogP contribution in [0, 0.1) is 11.8 Å². The molecule has 86 valence electrons. The second-order valence-corrected chi connectivity index (χ2v) is 5.40. The van der Waals surface area contributed by atoms with Gasteiger partial charge in [0.15, 0.2) is 0 Å². The van der Waals surface area contributed by atoms with E-state index >= 15 is 0 Å². The third kappa shape index (κ3) is 2.63. The quantitative estimate of drug-likeness (QED) is 0.686. The number of aliphatic hydroxyl groups is 1. The Morgan fingerprint density at radius 2 is 2.07 bits per heavy atom. The maximum atomic E-state index is 10.4. The van der Waals surface area contributed by atoms with Gasteiger partial charge in [0.1, 0.15) is 0 Å². The molecule has 1 N–H and O–H groups in total. The van der Waals surface area contributed by atoms with Crippen LogP contribution >= 0.6 is 0 Å². The normalized spacial score (nSPS) is 34.7. The van der Waals surface area contributed by atoms with Crippen LogP contribution in [0.1, 0.15) is 58.3 Å². The standard InChI is InChI=1S/C14H24O/c1-11-7-6-10-13(11)14(15)12-8-4-2-3-5-9-12/h8,11,13-15H,2-7,9-10H2,1H3. The first-order valence-electron chi connectivity index (χ1n) is 6.66. The highest BCUT2D eigenvalue weighted by atomic mass is 16.3. The monoisotopic (exact) mass is 208 g/mol. The van der Waals surface area contributed by atoms with Crippen LogP contribution in [-0.2, 0) is 0 Å². The Kier molecular flexibility index (Phi) is 3.85. The van der Waals surface area contributed by atoms with Gasteiger partial charge in [0.25, 0.3) is 0 Å². The maximum absolute atomic E-state index is 10.4. The number of rotatable bonds is 2. The van der Waals surface area contributed by atoms with Crippen molar-refractivity contribution in [3.8, 4) is 0 Å². The Morgan fingerprint density at radius 3 is 2.80 bits per heavy atom. The van der Waals surface area contributed by atoms with Gasteiger partial charge < -0.3 is 5.11 Å². The molecule has 1 nitrogen and oxygen atoms in total. The lowest BCUT2D eigenvalue weighted by Crippen LogP contribution is -2.24. The number of allylic oxidation sites excluding steroid dienone is 1. The third-order valence-electron chi connectivity index (χ3n) is 4.29. The van der Waals surface area contributed by atoms with Crippen molar-refractivity contribution in [2.45, 2.75) is 64.4 Å². The van der Waals surface area contributed by atoms with E-state index in [4.69, 9.17) is 0 Å². The summed E-state index contributed by atoms with van der Waals surface area (Å²) in [6.07, 6.45) is 12.3. The van der Waals surface area contributed by atoms with Crippen molar-refractivity contribution < 1.29 is 5.11 Å². The molecular formula is C14H24O. The zero-order chi connectivity index (χ0) is 10.7. The molecule has 0 aromatic heterocycles. The summed E-state index contributed by atoms with van der Waals surface area (Å²) in [5.41, 5.74) is 1.35. The molecule has 2 aliphatic rings. The summed E-state index contributed by atoms with van der Waals surface area (Å²) in [6.45, 7) is 2.30. The van der Waals surface area contributed by atoms with E-state index in [2.05, 4.69) is 13.0 Å². The lowest BCUT2D eigenvalue weighted by atomic mass is 9.86. The summed E-state index contributed by atoms with van der Waals surface area (Å²) in [7, 11) is 0. The molecule has 2 rings (SSSR count). The van der Waals surface area contributed by atoms with E-state index in [9.17, 15) is 5.11 Å². The van der Waals surface area contributed by atoms with Crippen LogP contribution in [0.2, 0.25) is 0 Å². The van der Waals surface area contributed by atoms with E-state index in [0.717, 1.165) is 12.3 Å². The zero-order valence-corrected chi connectivity index (χ0v) is 9.91. The summed E-state index contributed by atoms with van der Waals surface area (Å²) in [5, 5.41) is 10.4. The van der Waals surface area contributed by atoms with E-state index in [1.165, 1.54) is 50.5 Å². The van der Waals surface area contributed by atoms with E-state index in [-0.39, 0.29) is 6.10 Å². The highest BCUT2D eigenvalue weighted by Gasteiger charge is 2.31. The third-order valence-corrected chi connectivity index (χ3v) is 4.29. The van der Waals surface area contributed by atoms with Crippen molar-refractivity contribution in [2.24, 2.45) is 11.8 Å². The van der Waals surface area contributed by atoms with Gasteiger partial charge in [-0.3, -0.25) is 0 Å². The fourth-order valence-electron chi connectivity index (χ4n) is 3.23. The van der Waals surface area contributed by atoms with Gasteiger partial charge in [-0.05, 0) is 49.5 Å². The van der Waals surface area contributed by atoms with Crippen molar-refractivity contribution in [1.82, 2.24) is 0 Å². The Bertz CT molecular complexity index is 231. The van der Waals surface area contributed by atoms with E-state index in [0.29, 0.717) is 5.92 Å². The van der Waals surface area contributed by atoms with Gasteiger partial charge >= 0.3 is 0 Å². The minimum absolute atomic E-state index is 0.124. The van der Waals surface area contributed by atoms with E-state index in [1.54, 1.807) is 0 Å². The van der Waals surface area contributed by atoms with Crippen molar-refractivity contribution in [1.29, 1.82) is 0 Å². The van der Waals surface area contributed by atoms with Crippen LogP contribution in [-0.4, -0.2) is 11.2 Å². The first-order chi connectivity index (χ1) is 7.29. The summed E-state index contributed by atoms with van der Waals surface area (Å²) in [6, 6.07) is 0. The van der Waals surface area contributed by atoms with Gasteiger partial charge in [-0.15, -0.1) is 0 Å². The molecule has 1 heteroatoms. The van der Waals surface area contributed by atoms with Gasteiger partial charge in [-0.25, -0.2) is 0 Å². The molecule has 0 radical (unpaired) electrons. The number of hydrogen-bond acceptors (Lipinski definition) is 1. The van der Waals surface area contributed by atoms with Crippen molar-refractivity contribution in [3.63, 3.8) is 0 Å². The molecular weight excluding hydrogens is 184 g/mol. The highest BCUT2D eigenvalue weighted by Crippen LogP contribution is 2.37. The molecule has 2 aliphatic carbocycles. The van der Waals surface area contributed by atoms with Crippen molar-refractivity contribution in [3.05, 3.63) is 11.6 Å². The Morgan fingerprint density at radius 1 is 1.20 bits per heavy atom. The molecule has 0 amide bonds. The first kappa shape index (κ1) is 11.2. The molecule has 3 atom stereocenters. The van der Waals surface area contributed by atoms with Gasteiger partial charge in [-0.2, -0.15) is 0 Å². The van der Waals surface area contributed by atoms with Crippen LogP contribution < -0.4 is 0 Å². The molecule has 0 aliphatic heterocycles. The Hall–Kier alpha value is -0.300. The van der Waals surface area contributed by atoms with Gasteiger partial charge in [0.2, 0.25) is 0 Å². The fourth-order valence-corrected chi connectivity index (χ4v) is 3.23. The average Bonchev–Trinajstić information content (AvgIpc) is 2.53. The molecule has 0 saturated heterocycles. The first-order valence-corrected chi connectivity index (χ1v) is 6.66. The molecule has 0 bridgehead atoms. The molecule has 0 aromatic carbocycles. The minimum Gasteiger partial charge on any atom is -0.388 e.